The van der Waals surface area contributed by atoms with E-state index >= 15 is 0 Å². The summed E-state index contributed by atoms with van der Waals surface area (Å²) < 4.78 is 5.48. The number of aromatic nitrogens is 2. The number of rotatable bonds is 4. The molecule has 7 nitrogen and oxygen atoms in total. The molecule has 1 amide bonds. The molecule has 1 aliphatic carbocycles. The fraction of sp³-hybridized carbons (Fsp3) is 0.769. The summed E-state index contributed by atoms with van der Waals surface area (Å²) in [6.45, 7) is 7.37. The molecular formula is C13H21N5O2. The number of anilines is 1. The van der Waals surface area contributed by atoms with Crippen molar-refractivity contribution >= 4 is 11.9 Å². The van der Waals surface area contributed by atoms with Crippen molar-refractivity contribution in [3.63, 3.8) is 0 Å². The van der Waals surface area contributed by atoms with Crippen LogP contribution in [0.4, 0.5) is 6.01 Å². The zero-order valence-corrected chi connectivity index (χ0v) is 12.0. The van der Waals surface area contributed by atoms with E-state index < -0.39 is 5.54 Å². The second-order valence-electron chi connectivity index (χ2n) is 5.97. The first-order valence-electron chi connectivity index (χ1n) is 7.18. The van der Waals surface area contributed by atoms with Gasteiger partial charge in [0.2, 0.25) is 11.8 Å². The van der Waals surface area contributed by atoms with Gasteiger partial charge in [0.05, 0.1) is 5.54 Å². The third-order valence-corrected chi connectivity index (χ3v) is 4.05. The van der Waals surface area contributed by atoms with E-state index in [1.54, 1.807) is 0 Å². The van der Waals surface area contributed by atoms with Gasteiger partial charge in [0.15, 0.2) is 0 Å². The van der Waals surface area contributed by atoms with Crippen LogP contribution in [-0.4, -0.2) is 52.7 Å². The lowest BCUT2D eigenvalue weighted by molar-refractivity contribution is -0.126. The van der Waals surface area contributed by atoms with Crippen molar-refractivity contribution in [2.45, 2.75) is 38.1 Å². The van der Waals surface area contributed by atoms with Crippen LogP contribution in [0.15, 0.2) is 4.42 Å². The molecule has 1 aromatic heterocycles. The van der Waals surface area contributed by atoms with Crippen molar-refractivity contribution in [2.75, 3.05) is 31.5 Å². The highest BCUT2D eigenvalue weighted by atomic mass is 16.4. The Morgan fingerprint density at radius 1 is 1.35 bits per heavy atom. The molecule has 2 aliphatic rings. The molecule has 0 spiro atoms. The molecular weight excluding hydrogens is 258 g/mol. The Hall–Kier alpha value is -1.47. The van der Waals surface area contributed by atoms with E-state index in [2.05, 4.69) is 25.7 Å². The minimum Gasteiger partial charge on any atom is -0.408 e. The number of carbonyl (C=O) groups is 1. The summed E-state index contributed by atoms with van der Waals surface area (Å²) in [6.07, 6.45) is 2.20. The van der Waals surface area contributed by atoms with Gasteiger partial charge in [-0.05, 0) is 26.7 Å². The quantitative estimate of drug-likeness (QED) is 0.838. The fourth-order valence-electron chi connectivity index (χ4n) is 2.40. The van der Waals surface area contributed by atoms with Crippen molar-refractivity contribution in [1.82, 2.24) is 20.4 Å². The normalized spacial score (nSPS) is 20.9. The minimum atomic E-state index is -0.587. The number of nitrogens with one attached hydrogen (secondary N) is 2. The van der Waals surface area contributed by atoms with E-state index in [9.17, 15) is 4.79 Å². The summed E-state index contributed by atoms with van der Waals surface area (Å²) in [4.78, 5) is 14.6. The van der Waals surface area contributed by atoms with Gasteiger partial charge in [-0.25, -0.2) is 0 Å². The summed E-state index contributed by atoms with van der Waals surface area (Å²) in [5.41, 5.74) is -0.587. The summed E-state index contributed by atoms with van der Waals surface area (Å²) in [5, 5.41) is 13.9. The van der Waals surface area contributed by atoms with E-state index in [-0.39, 0.29) is 11.9 Å². The number of piperazine rings is 1. The molecule has 0 bridgehead atoms. The van der Waals surface area contributed by atoms with Crippen LogP contribution in [0.5, 0.6) is 0 Å². The van der Waals surface area contributed by atoms with Crippen molar-refractivity contribution in [3.05, 3.63) is 5.89 Å². The van der Waals surface area contributed by atoms with Crippen LogP contribution in [0.1, 0.15) is 38.5 Å². The van der Waals surface area contributed by atoms with Gasteiger partial charge in [0.1, 0.15) is 0 Å². The van der Waals surface area contributed by atoms with Gasteiger partial charge >= 0.3 is 6.01 Å². The van der Waals surface area contributed by atoms with Crippen LogP contribution in [0.2, 0.25) is 0 Å². The number of carbonyl (C=O) groups excluding carboxylic acids is 1. The second-order valence-corrected chi connectivity index (χ2v) is 5.97. The summed E-state index contributed by atoms with van der Waals surface area (Å²) >= 11 is 0. The minimum absolute atomic E-state index is 0.106. The van der Waals surface area contributed by atoms with Crippen LogP contribution >= 0.6 is 0 Å². The zero-order chi connectivity index (χ0) is 14.2. The first-order chi connectivity index (χ1) is 9.57. The Bertz CT molecular complexity index is 489. The molecule has 1 aliphatic heterocycles. The molecule has 2 N–H and O–H groups in total. The molecule has 110 valence electrons. The fourth-order valence-corrected chi connectivity index (χ4v) is 2.40. The lowest BCUT2D eigenvalue weighted by Crippen LogP contribution is -2.58. The van der Waals surface area contributed by atoms with Crippen molar-refractivity contribution in [1.29, 1.82) is 0 Å². The second kappa shape index (κ2) is 5.14. The topological polar surface area (TPSA) is 83.3 Å². The average Bonchev–Trinajstić information content (AvgIpc) is 3.20. The van der Waals surface area contributed by atoms with Crippen LogP contribution < -0.4 is 10.6 Å². The van der Waals surface area contributed by atoms with Crippen molar-refractivity contribution in [3.8, 4) is 0 Å². The van der Waals surface area contributed by atoms with Crippen LogP contribution in [0.3, 0.4) is 0 Å². The van der Waals surface area contributed by atoms with Crippen LogP contribution in [0.25, 0.3) is 0 Å². The smallest absolute Gasteiger partial charge is 0.322 e. The van der Waals surface area contributed by atoms with Gasteiger partial charge in [-0.3, -0.25) is 15.0 Å². The van der Waals surface area contributed by atoms with Gasteiger partial charge in [-0.1, -0.05) is 5.10 Å². The Kier molecular flexibility index (Phi) is 3.47. The predicted molar refractivity (Wildman–Crippen MR) is 73.4 cm³/mol. The number of hydrogen-bond donors (Lipinski definition) is 2. The monoisotopic (exact) mass is 279 g/mol. The summed E-state index contributed by atoms with van der Waals surface area (Å²) in [6, 6.07) is 0.208. The lowest BCUT2D eigenvalue weighted by atomic mass is 10.0. The van der Waals surface area contributed by atoms with Gasteiger partial charge in [0, 0.05) is 32.1 Å². The molecule has 0 aromatic carbocycles. The van der Waals surface area contributed by atoms with E-state index in [4.69, 9.17) is 4.42 Å². The average molecular weight is 279 g/mol. The molecule has 7 heteroatoms. The third-order valence-electron chi connectivity index (χ3n) is 4.05. The molecule has 2 fully saturated rings. The zero-order valence-electron chi connectivity index (χ0n) is 12.0. The highest BCUT2D eigenvalue weighted by molar-refractivity contribution is 5.95. The Morgan fingerprint density at radius 3 is 2.70 bits per heavy atom. The Morgan fingerprint density at radius 2 is 2.05 bits per heavy atom. The number of amides is 1. The summed E-state index contributed by atoms with van der Waals surface area (Å²) in [5.74, 6) is 0.931. The molecule has 2 heterocycles. The van der Waals surface area contributed by atoms with Gasteiger partial charge in [0.25, 0.3) is 0 Å². The molecule has 3 rings (SSSR count). The molecule has 20 heavy (non-hydrogen) atoms. The number of nitrogens with zero attached hydrogens (tertiary/aromatic N) is 3. The van der Waals surface area contributed by atoms with E-state index in [0.29, 0.717) is 11.8 Å². The highest BCUT2D eigenvalue weighted by Crippen LogP contribution is 2.39. The molecule has 0 atom stereocenters. The van der Waals surface area contributed by atoms with Crippen molar-refractivity contribution < 1.29 is 9.21 Å². The Balaban J connectivity index is 1.64. The Labute approximate surface area is 118 Å². The standard InChI is InChI=1S/C13H21N5O2/c1-13(2,18-7-5-14-6-8-18)11(19)15-12-17-16-10(20-12)9-3-4-9/h9,14H,3-8H2,1-2H3,(H,15,17,19). The molecule has 1 aromatic rings. The van der Waals surface area contributed by atoms with E-state index in [0.717, 1.165) is 39.0 Å². The maximum atomic E-state index is 12.4. The molecule has 1 saturated carbocycles. The van der Waals surface area contributed by atoms with Gasteiger partial charge in [-0.2, -0.15) is 0 Å². The molecule has 0 unspecified atom stereocenters. The first-order valence-corrected chi connectivity index (χ1v) is 7.18. The molecule has 0 radical (unpaired) electrons. The van der Waals surface area contributed by atoms with Gasteiger partial charge < -0.3 is 9.73 Å². The van der Waals surface area contributed by atoms with E-state index in [1.165, 1.54) is 0 Å². The maximum absolute atomic E-state index is 12.4. The van der Waals surface area contributed by atoms with Crippen LogP contribution in [0, 0.1) is 0 Å². The summed E-state index contributed by atoms with van der Waals surface area (Å²) in [7, 11) is 0. The SMILES string of the molecule is CC(C)(C(=O)Nc1nnc(C2CC2)o1)N1CCNCC1. The first kappa shape index (κ1) is 13.5. The van der Waals surface area contributed by atoms with E-state index in [1.807, 2.05) is 13.8 Å². The lowest BCUT2D eigenvalue weighted by Gasteiger charge is -2.39. The number of hydrogen-bond acceptors (Lipinski definition) is 6. The predicted octanol–water partition coefficient (Wildman–Crippen LogP) is 0.569. The largest absolute Gasteiger partial charge is 0.408 e. The highest BCUT2D eigenvalue weighted by Gasteiger charge is 2.36. The van der Waals surface area contributed by atoms with Crippen LogP contribution in [-0.2, 0) is 4.79 Å². The molecule has 1 saturated heterocycles. The maximum Gasteiger partial charge on any atom is 0.322 e. The van der Waals surface area contributed by atoms with Gasteiger partial charge in [-0.15, -0.1) is 5.10 Å². The third kappa shape index (κ3) is 2.69. The van der Waals surface area contributed by atoms with Crippen molar-refractivity contribution in [2.24, 2.45) is 0 Å².